The second-order valence-electron chi connectivity index (χ2n) is 5.73. The highest BCUT2D eigenvalue weighted by molar-refractivity contribution is 7.09. The quantitative estimate of drug-likeness (QED) is 0.891. The van der Waals surface area contributed by atoms with Crippen LogP contribution < -0.4 is 5.32 Å². The Morgan fingerprint density at radius 2 is 2.14 bits per heavy atom. The molecule has 2 atom stereocenters. The van der Waals surface area contributed by atoms with E-state index in [2.05, 4.69) is 34.6 Å². The molecule has 0 radical (unpaired) electrons. The van der Waals surface area contributed by atoms with Gasteiger partial charge in [0.15, 0.2) is 0 Å². The van der Waals surface area contributed by atoms with Gasteiger partial charge in [-0.15, -0.1) is 11.3 Å². The van der Waals surface area contributed by atoms with Crippen molar-refractivity contribution >= 4 is 17.2 Å². The second kappa shape index (κ2) is 7.03. The first kappa shape index (κ1) is 15.2. The van der Waals surface area contributed by atoms with E-state index in [1.54, 1.807) is 0 Å². The van der Waals surface area contributed by atoms with Crippen LogP contribution in [0.4, 0.5) is 0 Å². The molecule has 0 spiro atoms. The topological polar surface area (TPSA) is 62.2 Å². The van der Waals surface area contributed by atoms with Gasteiger partial charge in [0.1, 0.15) is 5.01 Å². The first-order valence-electron chi connectivity index (χ1n) is 7.63. The Morgan fingerprint density at radius 1 is 1.32 bits per heavy atom. The lowest BCUT2D eigenvalue weighted by Crippen LogP contribution is -2.28. The Hall–Kier alpha value is -1.72. The Bertz CT molecular complexity index is 627. The molecule has 5 heteroatoms. The first-order valence-corrected chi connectivity index (χ1v) is 8.51. The fourth-order valence-corrected chi connectivity index (χ4v) is 3.78. The third-order valence-corrected chi connectivity index (χ3v) is 5.15. The summed E-state index contributed by atoms with van der Waals surface area (Å²) in [6.45, 7) is 0.405. The predicted molar refractivity (Wildman–Crippen MR) is 86.4 cm³/mol. The monoisotopic (exact) mass is 316 g/mol. The summed E-state index contributed by atoms with van der Waals surface area (Å²) < 4.78 is 0. The number of amides is 1. The van der Waals surface area contributed by atoms with Gasteiger partial charge in [0.25, 0.3) is 0 Å². The number of nitrogens with one attached hydrogen (secondary N) is 1. The molecule has 1 saturated carbocycles. The minimum atomic E-state index is -0.0498. The predicted octanol–water partition coefficient (Wildman–Crippen LogP) is 2.84. The van der Waals surface area contributed by atoms with Gasteiger partial charge in [-0.05, 0) is 30.7 Å². The van der Waals surface area contributed by atoms with Gasteiger partial charge in [-0.3, -0.25) is 4.79 Å². The van der Waals surface area contributed by atoms with Crippen molar-refractivity contribution in [1.29, 1.82) is 0 Å². The molecule has 0 aliphatic heterocycles. The molecule has 0 bridgehead atoms. The van der Waals surface area contributed by atoms with Crippen molar-refractivity contribution in [3.05, 3.63) is 52.0 Å². The Morgan fingerprint density at radius 3 is 2.86 bits per heavy atom. The molecule has 2 aromatic rings. The second-order valence-corrected chi connectivity index (χ2v) is 6.67. The van der Waals surface area contributed by atoms with Crippen LogP contribution in [0.3, 0.4) is 0 Å². The number of hydrogen-bond donors (Lipinski definition) is 2. The number of aliphatic hydroxyl groups excluding tert-OH is 1. The molecule has 22 heavy (non-hydrogen) atoms. The average Bonchev–Trinajstić information content (AvgIpc) is 3.22. The number of hydrogen-bond acceptors (Lipinski definition) is 4. The van der Waals surface area contributed by atoms with Crippen LogP contribution >= 0.6 is 11.3 Å². The van der Waals surface area contributed by atoms with Gasteiger partial charge in [-0.1, -0.05) is 30.3 Å². The zero-order chi connectivity index (χ0) is 15.4. The maximum absolute atomic E-state index is 12.3. The molecule has 1 aliphatic carbocycles. The average molecular weight is 316 g/mol. The van der Waals surface area contributed by atoms with E-state index in [0.29, 0.717) is 18.2 Å². The van der Waals surface area contributed by atoms with Gasteiger partial charge in [0, 0.05) is 11.3 Å². The van der Waals surface area contributed by atoms with Crippen LogP contribution in [0, 0.1) is 5.92 Å². The summed E-state index contributed by atoms with van der Waals surface area (Å²) in [7, 11) is 0. The number of carbonyl (C=O) groups excluding carboxylic acids is 1. The number of aromatic nitrogens is 1. The third kappa shape index (κ3) is 3.54. The summed E-state index contributed by atoms with van der Waals surface area (Å²) in [5.41, 5.74) is 2.00. The van der Waals surface area contributed by atoms with E-state index >= 15 is 0 Å². The van der Waals surface area contributed by atoms with Crippen LogP contribution in [0.15, 0.2) is 35.7 Å². The number of rotatable bonds is 5. The van der Waals surface area contributed by atoms with Crippen molar-refractivity contribution < 1.29 is 9.90 Å². The van der Waals surface area contributed by atoms with Crippen molar-refractivity contribution in [2.24, 2.45) is 5.92 Å². The van der Waals surface area contributed by atoms with Crippen molar-refractivity contribution in [3.8, 4) is 0 Å². The van der Waals surface area contributed by atoms with Crippen LogP contribution in [0.1, 0.15) is 41.4 Å². The molecule has 1 heterocycles. The third-order valence-electron chi connectivity index (χ3n) is 4.25. The maximum Gasteiger partial charge on any atom is 0.223 e. The molecule has 1 fully saturated rings. The van der Waals surface area contributed by atoms with E-state index in [0.717, 1.165) is 24.3 Å². The molecular weight excluding hydrogens is 296 g/mol. The van der Waals surface area contributed by atoms with Gasteiger partial charge < -0.3 is 10.4 Å². The summed E-state index contributed by atoms with van der Waals surface area (Å²) in [6.07, 6.45) is 2.95. The van der Waals surface area contributed by atoms with E-state index in [4.69, 9.17) is 5.11 Å². The summed E-state index contributed by atoms with van der Waals surface area (Å²) >= 11 is 1.47. The van der Waals surface area contributed by atoms with E-state index in [1.807, 2.05) is 11.4 Å². The summed E-state index contributed by atoms with van der Waals surface area (Å²) in [5, 5.41) is 14.6. The molecule has 1 aromatic heterocycles. The van der Waals surface area contributed by atoms with Crippen molar-refractivity contribution in [2.45, 2.75) is 38.3 Å². The highest BCUT2D eigenvalue weighted by Crippen LogP contribution is 2.38. The van der Waals surface area contributed by atoms with E-state index in [9.17, 15) is 4.79 Å². The van der Waals surface area contributed by atoms with Gasteiger partial charge in [0.05, 0.1) is 18.8 Å². The number of thiazole rings is 1. The fourth-order valence-electron chi connectivity index (χ4n) is 3.06. The minimum Gasteiger partial charge on any atom is -0.390 e. The number of carbonyl (C=O) groups is 1. The zero-order valence-electron chi connectivity index (χ0n) is 12.4. The zero-order valence-corrected chi connectivity index (χ0v) is 13.2. The molecule has 1 aromatic carbocycles. The van der Waals surface area contributed by atoms with Crippen LogP contribution in [0.25, 0.3) is 0 Å². The number of benzene rings is 1. The van der Waals surface area contributed by atoms with Gasteiger partial charge >= 0.3 is 0 Å². The molecule has 3 rings (SSSR count). The molecule has 0 saturated heterocycles. The maximum atomic E-state index is 12.3. The fraction of sp³-hybridized carbons (Fsp3) is 0.412. The highest BCUT2D eigenvalue weighted by Gasteiger charge is 2.30. The van der Waals surface area contributed by atoms with Crippen LogP contribution in [-0.2, 0) is 17.9 Å². The number of aliphatic hydroxyl groups is 1. The lowest BCUT2D eigenvalue weighted by Gasteiger charge is -2.11. The van der Waals surface area contributed by atoms with Crippen molar-refractivity contribution in [2.75, 3.05) is 0 Å². The van der Waals surface area contributed by atoms with E-state index < -0.39 is 0 Å². The summed E-state index contributed by atoms with van der Waals surface area (Å²) in [4.78, 5) is 16.5. The molecule has 116 valence electrons. The molecule has 0 unspecified atom stereocenters. The Kier molecular flexibility index (Phi) is 4.85. The van der Waals surface area contributed by atoms with Gasteiger partial charge in [-0.25, -0.2) is 4.98 Å². The first-order chi connectivity index (χ1) is 10.8. The van der Waals surface area contributed by atoms with Gasteiger partial charge in [0.2, 0.25) is 5.91 Å². The highest BCUT2D eigenvalue weighted by atomic mass is 32.1. The molecule has 4 nitrogen and oxygen atoms in total. The molecule has 1 amide bonds. The standard InChI is InChI=1S/C17H20N2O2S/c20-10-15-11-22-16(19-15)9-18-17(21)14-7-6-13(8-14)12-4-2-1-3-5-12/h1-5,11,13-14,20H,6-10H2,(H,18,21)/t13-,14-/m1/s1. The lowest BCUT2D eigenvalue weighted by atomic mass is 9.96. The van der Waals surface area contributed by atoms with Crippen LogP contribution in [0.5, 0.6) is 0 Å². The summed E-state index contributed by atoms with van der Waals surface area (Å²) in [6, 6.07) is 10.4. The minimum absolute atomic E-state index is 0.0498. The van der Waals surface area contributed by atoms with Crippen molar-refractivity contribution in [1.82, 2.24) is 10.3 Å². The normalized spacial score (nSPS) is 21.0. The van der Waals surface area contributed by atoms with E-state index in [-0.39, 0.29) is 18.4 Å². The van der Waals surface area contributed by atoms with Crippen molar-refractivity contribution in [3.63, 3.8) is 0 Å². The molecule has 1 aliphatic rings. The summed E-state index contributed by atoms with van der Waals surface area (Å²) in [5.74, 6) is 0.722. The van der Waals surface area contributed by atoms with Crippen LogP contribution in [0.2, 0.25) is 0 Å². The smallest absolute Gasteiger partial charge is 0.223 e. The van der Waals surface area contributed by atoms with Gasteiger partial charge in [-0.2, -0.15) is 0 Å². The van der Waals surface area contributed by atoms with Crippen LogP contribution in [-0.4, -0.2) is 16.0 Å². The Labute approximate surface area is 134 Å². The molecular formula is C17H20N2O2S. The SMILES string of the molecule is O=C(NCc1nc(CO)cs1)[C@@H]1CC[C@@H](c2ccccc2)C1. The Balaban J connectivity index is 1.51. The largest absolute Gasteiger partial charge is 0.390 e. The lowest BCUT2D eigenvalue weighted by molar-refractivity contribution is -0.125. The molecule has 2 N–H and O–H groups in total. The van der Waals surface area contributed by atoms with E-state index in [1.165, 1.54) is 16.9 Å². The number of nitrogens with zero attached hydrogens (tertiary/aromatic N) is 1.